The van der Waals surface area contributed by atoms with E-state index in [1.165, 1.54) is 0 Å². The minimum absolute atomic E-state index is 0.0607. The molecule has 0 aromatic carbocycles. The number of amides is 2. The molecule has 20 heavy (non-hydrogen) atoms. The van der Waals surface area contributed by atoms with E-state index in [0.29, 0.717) is 39.1 Å². The summed E-state index contributed by atoms with van der Waals surface area (Å²) < 4.78 is 42.4. The Morgan fingerprint density at radius 1 is 1.05 bits per heavy atom. The van der Waals surface area contributed by atoms with Crippen LogP contribution >= 0.6 is 0 Å². The molecule has 2 rings (SSSR count). The van der Waals surface area contributed by atoms with Gasteiger partial charge in [-0.15, -0.1) is 0 Å². The number of alkyl halides is 3. The molecule has 0 radical (unpaired) electrons. The molecule has 0 saturated carbocycles. The summed E-state index contributed by atoms with van der Waals surface area (Å²) in [4.78, 5) is 25.8. The van der Waals surface area contributed by atoms with Gasteiger partial charge in [0.05, 0.1) is 19.1 Å². The summed E-state index contributed by atoms with van der Waals surface area (Å²) in [5, 5.41) is 0. The highest BCUT2D eigenvalue weighted by molar-refractivity contribution is 5.84. The number of piperidine rings is 1. The van der Waals surface area contributed by atoms with Crippen molar-refractivity contribution in [2.24, 2.45) is 5.92 Å². The molecule has 5 nitrogen and oxygen atoms in total. The quantitative estimate of drug-likeness (QED) is 0.713. The fraction of sp³-hybridized carbons (Fsp3) is 0.833. The second-order valence-electron chi connectivity index (χ2n) is 5.03. The maximum atomic E-state index is 12.4. The molecule has 8 heteroatoms. The summed E-state index contributed by atoms with van der Waals surface area (Å²) in [7, 11) is 0. The van der Waals surface area contributed by atoms with E-state index in [4.69, 9.17) is 4.74 Å². The lowest BCUT2D eigenvalue weighted by Crippen LogP contribution is -2.51. The molecular formula is C12H17F3N2O3. The third kappa shape index (κ3) is 3.41. The highest BCUT2D eigenvalue weighted by atomic mass is 19.4. The van der Waals surface area contributed by atoms with Crippen LogP contribution in [0.25, 0.3) is 0 Å². The number of carbonyl (C=O) groups is 2. The lowest BCUT2D eigenvalue weighted by Gasteiger charge is -2.36. The van der Waals surface area contributed by atoms with Gasteiger partial charge in [-0.2, -0.15) is 13.2 Å². The lowest BCUT2D eigenvalue weighted by atomic mass is 9.96. The molecule has 114 valence electrons. The van der Waals surface area contributed by atoms with Gasteiger partial charge in [0.25, 0.3) is 0 Å². The summed E-state index contributed by atoms with van der Waals surface area (Å²) in [5.74, 6) is -2.56. The lowest BCUT2D eigenvalue weighted by molar-refractivity contribution is -0.187. The van der Waals surface area contributed by atoms with Crippen molar-refractivity contribution >= 4 is 11.8 Å². The van der Waals surface area contributed by atoms with Crippen LogP contribution in [-0.2, 0) is 14.3 Å². The fourth-order valence-electron chi connectivity index (χ4n) is 2.58. The Labute approximate surface area is 114 Å². The normalized spacial score (nSPS) is 24.6. The van der Waals surface area contributed by atoms with Gasteiger partial charge in [0, 0.05) is 26.2 Å². The predicted octanol–water partition coefficient (Wildman–Crippen LogP) is 0.646. The standard InChI is InChI=1S/C12H17F3N2O3/c13-12(14,15)11(19)17-3-1-2-9(8-17)10(18)16-4-6-20-7-5-16/h9H,1-8H2. The molecule has 0 aromatic rings. The van der Waals surface area contributed by atoms with E-state index >= 15 is 0 Å². The van der Waals surface area contributed by atoms with Gasteiger partial charge in [-0.25, -0.2) is 0 Å². The van der Waals surface area contributed by atoms with Crippen molar-refractivity contribution in [1.82, 2.24) is 9.80 Å². The second kappa shape index (κ2) is 5.99. The van der Waals surface area contributed by atoms with E-state index < -0.39 is 18.0 Å². The number of rotatable bonds is 1. The van der Waals surface area contributed by atoms with E-state index in [1.54, 1.807) is 4.90 Å². The summed E-state index contributed by atoms with van der Waals surface area (Å²) in [6.07, 6.45) is -3.93. The van der Waals surface area contributed by atoms with Crippen LogP contribution in [0.1, 0.15) is 12.8 Å². The zero-order chi connectivity index (χ0) is 14.8. The van der Waals surface area contributed by atoms with Crippen LogP contribution in [-0.4, -0.2) is 67.2 Å². The first kappa shape index (κ1) is 15.1. The first-order chi connectivity index (χ1) is 9.39. The average molecular weight is 294 g/mol. The molecule has 2 aliphatic rings. The summed E-state index contributed by atoms with van der Waals surface area (Å²) in [6.45, 7) is 1.73. The van der Waals surface area contributed by atoms with Gasteiger partial charge in [-0.05, 0) is 12.8 Å². The topological polar surface area (TPSA) is 49.9 Å². The molecule has 0 spiro atoms. The first-order valence-corrected chi connectivity index (χ1v) is 6.62. The molecule has 0 aromatic heterocycles. The number of nitrogens with zero attached hydrogens (tertiary/aromatic N) is 2. The monoisotopic (exact) mass is 294 g/mol. The Morgan fingerprint density at radius 3 is 2.30 bits per heavy atom. The van der Waals surface area contributed by atoms with E-state index in [1.807, 2.05) is 0 Å². The zero-order valence-electron chi connectivity index (χ0n) is 11.0. The third-order valence-electron chi connectivity index (χ3n) is 3.62. The molecule has 2 heterocycles. The molecule has 2 saturated heterocycles. The predicted molar refractivity (Wildman–Crippen MR) is 62.8 cm³/mol. The molecule has 0 bridgehead atoms. The highest BCUT2D eigenvalue weighted by Crippen LogP contribution is 2.25. The van der Waals surface area contributed by atoms with Crippen LogP contribution in [0.15, 0.2) is 0 Å². The second-order valence-corrected chi connectivity index (χ2v) is 5.03. The van der Waals surface area contributed by atoms with Gasteiger partial charge in [0.15, 0.2) is 0 Å². The smallest absolute Gasteiger partial charge is 0.378 e. The Bertz CT molecular complexity index is 381. The minimum Gasteiger partial charge on any atom is -0.378 e. The molecule has 0 aliphatic carbocycles. The van der Waals surface area contributed by atoms with Gasteiger partial charge in [-0.3, -0.25) is 9.59 Å². The molecule has 2 amide bonds. The van der Waals surface area contributed by atoms with Crippen molar-refractivity contribution in [1.29, 1.82) is 0 Å². The first-order valence-electron chi connectivity index (χ1n) is 6.62. The summed E-state index contributed by atoms with van der Waals surface area (Å²) in [5.41, 5.74) is 0. The number of carbonyl (C=O) groups excluding carboxylic acids is 2. The Kier molecular flexibility index (Phi) is 4.52. The van der Waals surface area contributed by atoms with Gasteiger partial charge in [-0.1, -0.05) is 0 Å². The number of morpholine rings is 1. The van der Waals surface area contributed by atoms with Crippen LogP contribution in [0.3, 0.4) is 0 Å². The molecule has 2 fully saturated rings. The third-order valence-corrected chi connectivity index (χ3v) is 3.62. The van der Waals surface area contributed by atoms with E-state index in [0.717, 1.165) is 4.90 Å². The number of hydrogen-bond donors (Lipinski definition) is 0. The highest BCUT2D eigenvalue weighted by Gasteiger charge is 2.44. The van der Waals surface area contributed by atoms with Crippen molar-refractivity contribution < 1.29 is 27.5 Å². The van der Waals surface area contributed by atoms with Gasteiger partial charge in [0.2, 0.25) is 5.91 Å². The number of halogens is 3. The molecular weight excluding hydrogens is 277 g/mol. The Morgan fingerprint density at radius 2 is 1.70 bits per heavy atom. The minimum atomic E-state index is -4.87. The molecule has 2 aliphatic heterocycles. The number of likely N-dealkylation sites (tertiary alicyclic amines) is 1. The van der Waals surface area contributed by atoms with Crippen molar-refractivity contribution in [3.8, 4) is 0 Å². The van der Waals surface area contributed by atoms with Gasteiger partial charge < -0.3 is 14.5 Å². The van der Waals surface area contributed by atoms with Crippen LogP contribution in [0.5, 0.6) is 0 Å². The van der Waals surface area contributed by atoms with Crippen molar-refractivity contribution in [3.05, 3.63) is 0 Å². The molecule has 1 atom stereocenters. The van der Waals surface area contributed by atoms with E-state index in [-0.39, 0.29) is 19.0 Å². The fourth-order valence-corrected chi connectivity index (χ4v) is 2.58. The summed E-state index contributed by atoms with van der Waals surface area (Å²) >= 11 is 0. The van der Waals surface area contributed by atoms with Crippen LogP contribution < -0.4 is 0 Å². The van der Waals surface area contributed by atoms with Crippen LogP contribution in [0, 0.1) is 5.92 Å². The molecule has 1 unspecified atom stereocenters. The van der Waals surface area contributed by atoms with Crippen LogP contribution in [0.4, 0.5) is 13.2 Å². The maximum absolute atomic E-state index is 12.4. The van der Waals surface area contributed by atoms with Crippen LogP contribution in [0.2, 0.25) is 0 Å². The molecule has 0 N–H and O–H groups in total. The number of hydrogen-bond acceptors (Lipinski definition) is 3. The van der Waals surface area contributed by atoms with E-state index in [2.05, 4.69) is 0 Å². The van der Waals surface area contributed by atoms with Crippen molar-refractivity contribution in [2.45, 2.75) is 19.0 Å². The van der Waals surface area contributed by atoms with Crippen molar-refractivity contribution in [2.75, 3.05) is 39.4 Å². The largest absolute Gasteiger partial charge is 0.471 e. The maximum Gasteiger partial charge on any atom is 0.471 e. The van der Waals surface area contributed by atoms with E-state index in [9.17, 15) is 22.8 Å². The average Bonchev–Trinajstić information content (AvgIpc) is 2.46. The van der Waals surface area contributed by atoms with Crippen molar-refractivity contribution in [3.63, 3.8) is 0 Å². The summed E-state index contributed by atoms with van der Waals surface area (Å²) in [6, 6.07) is 0. The van der Waals surface area contributed by atoms with Gasteiger partial charge >= 0.3 is 12.1 Å². The zero-order valence-corrected chi connectivity index (χ0v) is 11.0. The Hall–Kier alpha value is -1.31. The Balaban J connectivity index is 1.96. The van der Waals surface area contributed by atoms with Gasteiger partial charge in [0.1, 0.15) is 0 Å². The SMILES string of the molecule is O=C(C1CCCN(C(=O)C(F)(F)F)C1)N1CCOCC1. The number of ether oxygens (including phenoxy) is 1.